The number of fused-ring (bicyclic) bond motifs is 2. The number of aryl methyl sites for hydroxylation is 1. The quantitative estimate of drug-likeness (QED) is 0.171. The number of amidine groups is 1. The van der Waals surface area contributed by atoms with Crippen molar-refractivity contribution in [3.05, 3.63) is 65.7 Å². The number of hydrogen-bond donors (Lipinski definition) is 3. The minimum absolute atomic E-state index is 0.121. The number of nitrogens with one attached hydrogen (secondary N) is 2. The number of hydrogen-bond acceptors (Lipinski definition) is 8. The molecule has 1 spiro atoms. The van der Waals surface area contributed by atoms with Gasteiger partial charge in [0.25, 0.3) is 0 Å². The van der Waals surface area contributed by atoms with Crippen LogP contribution in [0.4, 0.5) is 17.3 Å². The second-order valence-electron chi connectivity index (χ2n) is 9.39. The highest BCUT2D eigenvalue weighted by Crippen LogP contribution is 2.47. The number of nitrogens with two attached hydrogens (primary N) is 1. The summed E-state index contributed by atoms with van der Waals surface area (Å²) in [6.45, 7) is 2.33. The lowest BCUT2D eigenvalue weighted by Crippen LogP contribution is -2.51. The van der Waals surface area contributed by atoms with Crippen LogP contribution >= 0.6 is 28.4 Å². The Kier molecular flexibility index (Phi) is 6.43. The maximum absolute atomic E-state index is 9.00. The summed E-state index contributed by atoms with van der Waals surface area (Å²) in [5.41, 5.74) is 9.95. The molecule has 0 aliphatic carbocycles. The van der Waals surface area contributed by atoms with Crippen molar-refractivity contribution in [1.82, 2.24) is 15.0 Å². The minimum Gasteiger partial charge on any atom is -0.485 e. The SMILES string of the molecule is N=C(c1ncc(N2CCC3(CC2)Oc2ccccc2C3N)nc1NPI)N1CCCc2ncccc21. The lowest BCUT2D eigenvalue weighted by atomic mass is 9.83. The Morgan fingerprint density at radius 2 is 2.00 bits per heavy atom. The monoisotopic (exact) mass is 614 g/mol. The van der Waals surface area contributed by atoms with Crippen molar-refractivity contribution in [2.45, 2.75) is 37.3 Å². The fourth-order valence-electron chi connectivity index (χ4n) is 5.51. The molecule has 5 heterocycles. The van der Waals surface area contributed by atoms with Crippen LogP contribution in [0.5, 0.6) is 5.75 Å². The van der Waals surface area contributed by atoms with Crippen molar-refractivity contribution in [1.29, 1.82) is 5.41 Å². The van der Waals surface area contributed by atoms with E-state index >= 15 is 0 Å². The highest BCUT2D eigenvalue weighted by Gasteiger charge is 2.48. The average Bonchev–Trinajstić information content (AvgIpc) is 3.19. The number of pyridine rings is 1. The predicted octanol–water partition coefficient (Wildman–Crippen LogP) is 4.44. The first kappa shape index (κ1) is 23.8. The van der Waals surface area contributed by atoms with E-state index in [0.29, 0.717) is 23.7 Å². The van der Waals surface area contributed by atoms with Gasteiger partial charge in [0.2, 0.25) is 0 Å². The third kappa shape index (κ3) is 4.09. The number of ether oxygens (including phenoxy) is 1. The van der Waals surface area contributed by atoms with Crippen LogP contribution < -0.4 is 25.4 Å². The molecule has 0 amide bonds. The van der Waals surface area contributed by atoms with E-state index < -0.39 is 0 Å². The molecule has 11 heteroatoms. The normalized spacial score (nSPS) is 20.3. The molecule has 1 fully saturated rings. The highest BCUT2D eigenvalue weighted by molar-refractivity contribution is 14.2. The van der Waals surface area contributed by atoms with E-state index in [1.807, 2.05) is 41.4 Å². The van der Waals surface area contributed by atoms with Gasteiger partial charge in [-0.3, -0.25) is 10.4 Å². The molecule has 6 rings (SSSR count). The van der Waals surface area contributed by atoms with Gasteiger partial charge in [0.15, 0.2) is 11.7 Å². The zero-order chi connectivity index (χ0) is 24.7. The number of nitrogens with zero attached hydrogens (tertiary/aromatic N) is 5. The molecule has 3 aliphatic heterocycles. The fraction of sp³-hybridized carbons (Fsp3) is 0.360. The summed E-state index contributed by atoms with van der Waals surface area (Å²) < 4.78 is 6.40. The van der Waals surface area contributed by atoms with E-state index in [2.05, 4.69) is 43.1 Å². The van der Waals surface area contributed by atoms with E-state index in [9.17, 15) is 0 Å². The lowest BCUT2D eigenvalue weighted by Gasteiger charge is -2.41. The maximum atomic E-state index is 9.00. The van der Waals surface area contributed by atoms with Crippen LogP contribution in [0.25, 0.3) is 0 Å². The fourth-order valence-corrected chi connectivity index (χ4v) is 6.54. The van der Waals surface area contributed by atoms with Gasteiger partial charge in [0, 0.05) is 50.6 Å². The Morgan fingerprint density at radius 3 is 2.81 bits per heavy atom. The van der Waals surface area contributed by atoms with E-state index in [0.717, 1.165) is 73.8 Å². The Bertz CT molecular complexity index is 1300. The van der Waals surface area contributed by atoms with Crippen molar-refractivity contribution >= 4 is 51.6 Å². The summed E-state index contributed by atoms with van der Waals surface area (Å²) in [4.78, 5) is 18.4. The number of aromatic nitrogens is 3. The first-order valence-electron chi connectivity index (χ1n) is 12.2. The summed E-state index contributed by atoms with van der Waals surface area (Å²) in [6, 6.07) is 11.9. The summed E-state index contributed by atoms with van der Waals surface area (Å²) >= 11 is 2.29. The Labute approximate surface area is 225 Å². The van der Waals surface area contributed by atoms with Crippen LogP contribution in [-0.2, 0) is 6.42 Å². The molecular weight excluding hydrogens is 586 g/mol. The number of rotatable bonds is 4. The number of anilines is 3. The van der Waals surface area contributed by atoms with Gasteiger partial charge >= 0.3 is 0 Å². The molecule has 4 N–H and O–H groups in total. The smallest absolute Gasteiger partial charge is 0.161 e. The zero-order valence-corrected chi connectivity index (χ0v) is 22.9. The second kappa shape index (κ2) is 9.72. The minimum atomic E-state index is -0.365. The van der Waals surface area contributed by atoms with Crippen molar-refractivity contribution < 1.29 is 4.74 Å². The Hall–Kier alpha value is -2.56. The van der Waals surface area contributed by atoms with E-state index in [1.165, 1.54) is 0 Å². The number of benzene rings is 1. The van der Waals surface area contributed by atoms with Gasteiger partial charge in [-0.05, 0) is 53.1 Å². The molecule has 3 aromatic rings. The van der Waals surface area contributed by atoms with E-state index in [-0.39, 0.29) is 11.6 Å². The van der Waals surface area contributed by atoms with Crippen molar-refractivity contribution in [3.8, 4) is 5.75 Å². The molecule has 3 aliphatic rings. The number of piperidine rings is 1. The third-order valence-electron chi connectivity index (χ3n) is 7.44. The largest absolute Gasteiger partial charge is 0.485 e. The van der Waals surface area contributed by atoms with Crippen molar-refractivity contribution in [2.75, 3.05) is 34.5 Å². The summed E-state index contributed by atoms with van der Waals surface area (Å²) in [5.74, 6) is 2.71. The molecule has 2 atom stereocenters. The van der Waals surface area contributed by atoms with Crippen molar-refractivity contribution in [3.63, 3.8) is 0 Å². The van der Waals surface area contributed by atoms with Gasteiger partial charge < -0.3 is 25.4 Å². The van der Waals surface area contributed by atoms with Gasteiger partial charge in [-0.25, -0.2) is 9.97 Å². The molecule has 0 bridgehead atoms. The van der Waals surface area contributed by atoms with Crippen LogP contribution in [0.3, 0.4) is 0 Å². The first-order chi connectivity index (χ1) is 17.6. The maximum Gasteiger partial charge on any atom is 0.161 e. The molecule has 9 nitrogen and oxygen atoms in total. The molecule has 186 valence electrons. The van der Waals surface area contributed by atoms with Gasteiger partial charge in [0.1, 0.15) is 22.9 Å². The summed E-state index contributed by atoms with van der Waals surface area (Å²) in [6.07, 6.45) is 7.54. The van der Waals surface area contributed by atoms with Crippen LogP contribution in [0.1, 0.15) is 42.3 Å². The van der Waals surface area contributed by atoms with E-state index in [1.54, 1.807) is 6.20 Å². The molecule has 2 aromatic heterocycles. The standard InChI is InChI=1S/C25H28IN8OP/c26-36-32-24-21(23(28)34-12-4-6-17-18(34)7-3-11-29-17)30-15-20(31-24)33-13-9-25(10-14-33)22(27)16-5-1-2-8-19(16)35-25/h1-3,5,7-8,11,15,22,28,36H,4,6,9-10,12-14,27H2,(H,31,32). The van der Waals surface area contributed by atoms with Gasteiger partial charge in [-0.2, -0.15) is 0 Å². The number of para-hydroxylation sites is 1. The molecule has 0 radical (unpaired) electrons. The molecule has 1 saturated heterocycles. The molecule has 1 aromatic carbocycles. The summed E-state index contributed by atoms with van der Waals surface area (Å²) in [5, 5.41) is 12.3. The molecular formula is C25H28IN8OP. The Morgan fingerprint density at radius 1 is 1.17 bits per heavy atom. The van der Waals surface area contributed by atoms with Gasteiger partial charge in [-0.1, -0.05) is 18.2 Å². The van der Waals surface area contributed by atoms with Crippen molar-refractivity contribution in [2.24, 2.45) is 5.73 Å². The van der Waals surface area contributed by atoms with Crippen LogP contribution in [0, 0.1) is 5.41 Å². The third-order valence-corrected chi connectivity index (χ3v) is 8.58. The second-order valence-corrected chi connectivity index (χ2v) is 11.4. The van der Waals surface area contributed by atoms with Gasteiger partial charge in [0.05, 0.1) is 23.6 Å². The van der Waals surface area contributed by atoms with Gasteiger partial charge in [-0.15, -0.1) is 0 Å². The number of halogens is 1. The highest BCUT2D eigenvalue weighted by atomic mass is 127. The molecule has 36 heavy (non-hydrogen) atoms. The molecule has 0 saturated carbocycles. The van der Waals surface area contributed by atoms with E-state index in [4.69, 9.17) is 25.8 Å². The summed E-state index contributed by atoms with van der Waals surface area (Å²) in [7, 11) is 0. The van der Waals surface area contributed by atoms with Crippen LogP contribution in [0.15, 0.2) is 48.8 Å². The van der Waals surface area contributed by atoms with Crippen LogP contribution in [-0.4, -0.2) is 46.0 Å². The zero-order valence-electron chi connectivity index (χ0n) is 19.7. The topological polar surface area (TPSA) is 116 Å². The van der Waals surface area contributed by atoms with Crippen LogP contribution in [0.2, 0.25) is 0 Å². The average molecular weight is 614 g/mol. The first-order valence-corrected chi connectivity index (χ1v) is 16.3. The lowest BCUT2D eigenvalue weighted by molar-refractivity contribution is 0.0431. The Balaban J connectivity index is 1.22. The predicted molar refractivity (Wildman–Crippen MR) is 153 cm³/mol. The molecule has 2 unspecified atom stereocenters.